The first-order chi connectivity index (χ1) is 8.72. The third-order valence-electron chi connectivity index (χ3n) is 2.39. The molecule has 0 saturated carbocycles. The summed E-state index contributed by atoms with van der Waals surface area (Å²) in [7, 11) is 0. The summed E-state index contributed by atoms with van der Waals surface area (Å²) in [5, 5.41) is 7.05. The Kier molecular flexibility index (Phi) is 4.38. The van der Waals surface area contributed by atoms with Gasteiger partial charge in [-0.3, -0.25) is 0 Å². The molecule has 5 nitrogen and oxygen atoms in total. The predicted molar refractivity (Wildman–Crippen MR) is 77.0 cm³/mol. The first-order valence-electron chi connectivity index (χ1n) is 5.57. The number of thioether (sulfide) groups is 1. The molecule has 2 aromatic heterocycles. The van der Waals surface area contributed by atoms with E-state index in [1.807, 2.05) is 17.8 Å². The number of nitrogen functional groups attached to an aromatic ring is 1. The van der Waals surface area contributed by atoms with Gasteiger partial charge in [-0.1, -0.05) is 18.7 Å². The first kappa shape index (κ1) is 13.1. The number of anilines is 2. The van der Waals surface area contributed by atoms with E-state index in [2.05, 4.69) is 27.2 Å². The van der Waals surface area contributed by atoms with Crippen molar-refractivity contribution in [2.45, 2.75) is 24.5 Å². The zero-order chi connectivity index (χ0) is 13.0. The summed E-state index contributed by atoms with van der Waals surface area (Å²) in [6.07, 6.45) is 4.68. The Labute approximate surface area is 114 Å². The highest BCUT2D eigenvalue weighted by Gasteiger charge is 2.13. The minimum Gasteiger partial charge on any atom is -0.383 e. The van der Waals surface area contributed by atoms with Crippen LogP contribution >= 0.6 is 23.1 Å². The van der Waals surface area contributed by atoms with Gasteiger partial charge in [-0.05, 0) is 12.7 Å². The smallest absolute Gasteiger partial charge is 0.191 e. The van der Waals surface area contributed by atoms with Crippen LogP contribution in [0.15, 0.2) is 22.8 Å². The normalized spacial score (nSPS) is 12.3. The average molecular weight is 281 g/mol. The van der Waals surface area contributed by atoms with Crippen molar-refractivity contribution in [3.63, 3.8) is 0 Å². The molecule has 0 aliphatic heterocycles. The number of hydrogen-bond acceptors (Lipinski definition) is 7. The van der Waals surface area contributed by atoms with Crippen LogP contribution in [-0.4, -0.2) is 21.2 Å². The SMILES string of the molecule is CCC(Nc1cc(N)nc(SC)n1)c1nccs1. The van der Waals surface area contributed by atoms with E-state index < -0.39 is 0 Å². The Hall–Kier alpha value is -1.34. The van der Waals surface area contributed by atoms with Crippen LogP contribution in [-0.2, 0) is 0 Å². The molecule has 0 radical (unpaired) electrons. The third kappa shape index (κ3) is 3.11. The molecule has 18 heavy (non-hydrogen) atoms. The highest BCUT2D eigenvalue weighted by Crippen LogP contribution is 2.24. The highest BCUT2D eigenvalue weighted by molar-refractivity contribution is 7.98. The molecule has 0 spiro atoms. The predicted octanol–water partition coefficient (Wildman–Crippen LogP) is 2.80. The topological polar surface area (TPSA) is 76.7 Å². The Morgan fingerprint density at radius 1 is 1.50 bits per heavy atom. The van der Waals surface area contributed by atoms with E-state index in [1.54, 1.807) is 17.4 Å². The van der Waals surface area contributed by atoms with Gasteiger partial charge >= 0.3 is 0 Å². The average Bonchev–Trinajstić information content (AvgIpc) is 2.89. The van der Waals surface area contributed by atoms with Crippen LogP contribution in [0, 0.1) is 0 Å². The van der Waals surface area contributed by atoms with Crippen molar-refractivity contribution in [3.8, 4) is 0 Å². The maximum absolute atomic E-state index is 5.75. The van der Waals surface area contributed by atoms with E-state index in [0.717, 1.165) is 17.2 Å². The molecular weight excluding hydrogens is 266 g/mol. The summed E-state index contributed by atoms with van der Waals surface area (Å²) in [6.45, 7) is 2.11. The molecule has 96 valence electrons. The van der Waals surface area contributed by atoms with Gasteiger partial charge in [0.15, 0.2) is 5.16 Å². The lowest BCUT2D eigenvalue weighted by Gasteiger charge is -2.15. The molecule has 2 aromatic rings. The van der Waals surface area contributed by atoms with Gasteiger partial charge < -0.3 is 11.1 Å². The van der Waals surface area contributed by atoms with E-state index in [-0.39, 0.29) is 6.04 Å². The molecule has 0 amide bonds. The lowest BCUT2D eigenvalue weighted by atomic mass is 10.2. The van der Waals surface area contributed by atoms with Crippen LogP contribution in [0.2, 0.25) is 0 Å². The Bertz CT molecular complexity index is 500. The van der Waals surface area contributed by atoms with Crippen molar-refractivity contribution >= 4 is 34.7 Å². The number of nitrogens with one attached hydrogen (secondary N) is 1. The maximum atomic E-state index is 5.75. The van der Waals surface area contributed by atoms with E-state index in [0.29, 0.717) is 11.0 Å². The van der Waals surface area contributed by atoms with Crippen LogP contribution in [0.25, 0.3) is 0 Å². The summed E-state index contributed by atoms with van der Waals surface area (Å²) in [5.41, 5.74) is 5.75. The van der Waals surface area contributed by atoms with Crippen molar-refractivity contribution < 1.29 is 0 Å². The minimum atomic E-state index is 0.161. The second-order valence-electron chi connectivity index (χ2n) is 3.64. The molecule has 3 N–H and O–H groups in total. The fourth-order valence-electron chi connectivity index (χ4n) is 1.53. The number of nitrogens with two attached hydrogens (primary N) is 1. The molecule has 0 aromatic carbocycles. The lowest BCUT2D eigenvalue weighted by Crippen LogP contribution is -2.11. The third-order valence-corrected chi connectivity index (χ3v) is 3.82. The largest absolute Gasteiger partial charge is 0.383 e. The fourth-order valence-corrected chi connectivity index (χ4v) is 2.69. The zero-order valence-corrected chi connectivity index (χ0v) is 11.9. The van der Waals surface area contributed by atoms with Crippen LogP contribution in [0.4, 0.5) is 11.6 Å². The van der Waals surface area contributed by atoms with E-state index >= 15 is 0 Å². The summed E-state index contributed by atoms with van der Waals surface area (Å²) in [4.78, 5) is 12.8. The molecule has 0 saturated heterocycles. The quantitative estimate of drug-likeness (QED) is 0.648. The van der Waals surface area contributed by atoms with Gasteiger partial charge in [-0.15, -0.1) is 11.3 Å². The van der Waals surface area contributed by atoms with Gasteiger partial charge in [0.1, 0.15) is 16.6 Å². The Morgan fingerprint density at radius 3 is 2.94 bits per heavy atom. The van der Waals surface area contributed by atoms with Gasteiger partial charge in [0.05, 0.1) is 6.04 Å². The molecule has 1 unspecified atom stereocenters. The Balaban J connectivity index is 2.19. The molecule has 0 fully saturated rings. The van der Waals surface area contributed by atoms with Crippen molar-refractivity contribution in [1.82, 2.24) is 15.0 Å². The van der Waals surface area contributed by atoms with E-state index in [9.17, 15) is 0 Å². The molecule has 1 atom stereocenters. The number of aromatic nitrogens is 3. The lowest BCUT2D eigenvalue weighted by molar-refractivity contribution is 0.733. The summed E-state index contributed by atoms with van der Waals surface area (Å²) in [6, 6.07) is 1.91. The van der Waals surface area contributed by atoms with Gasteiger partial charge in [0, 0.05) is 17.6 Å². The van der Waals surface area contributed by atoms with Crippen LogP contribution in [0.3, 0.4) is 0 Å². The van der Waals surface area contributed by atoms with Crippen LogP contribution in [0.5, 0.6) is 0 Å². The molecule has 0 aliphatic carbocycles. The number of thiazole rings is 1. The molecule has 2 rings (SSSR count). The van der Waals surface area contributed by atoms with Crippen LogP contribution in [0.1, 0.15) is 24.4 Å². The Morgan fingerprint density at radius 2 is 2.33 bits per heavy atom. The number of hydrogen-bond donors (Lipinski definition) is 2. The molecule has 0 aliphatic rings. The minimum absolute atomic E-state index is 0.161. The molecule has 2 heterocycles. The second-order valence-corrected chi connectivity index (χ2v) is 5.34. The fraction of sp³-hybridized carbons (Fsp3) is 0.364. The van der Waals surface area contributed by atoms with E-state index in [4.69, 9.17) is 5.73 Å². The van der Waals surface area contributed by atoms with Crippen molar-refractivity contribution in [2.24, 2.45) is 0 Å². The van der Waals surface area contributed by atoms with Gasteiger partial charge in [-0.25, -0.2) is 15.0 Å². The van der Waals surface area contributed by atoms with Gasteiger partial charge in [0.2, 0.25) is 0 Å². The second kappa shape index (κ2) is 6.01. The van der Waals surface area contributed by atoms with Crippen molar-refractivity contribution in [2.75, 3.05) is 17.3 Å². The first-order valence-corrected chi connectivity index (χ1v) is 7.67. The maximum Gasteiger partial charge on any atom is 0.191 e. The summed E-state index contributed by atoms with van der Waals surface area (Å²) >= 11 is 3.11. The molecular formula is C11H15N5S2. The standard InChI is InChI=1S/C11H15N5S2/c1-3-7(10-13-4-5-18-10)14-9-6-8(12)15-11(16-9)17-2/h4-7H,3H2,1-2H3,(H3,12,14,15,16). The molecule has 0 bridgehead atoms. The number of rotatable bonds is 5. The summed E-state index contributed by atoms with van der Waals surface area (Å²) in [5.74, 6) is 1.22. The van der Waals surface area contributed by atoms with Crippen molar-refractivity contribution in [3.05, 3.63) is 22.7 Å². The van der Waals surface area contributed by atoms with Gasteiger partial charge in [-0.2, -0.15) is 0 Å². The number of nitrogens with zero attached hydrogens (tertiary/aromatic N) is 3. The van der Waals surface area contributed by atoms with Gasteiger partial charge in [0.25, 0.3) is 0 Å². The van der Waals surface area contributed by atoms with Crippen LogP contribution < -0.4 is 11.1 Å². The van der Waals surface area contributed by atoms with E-state index in [1.165, 1.54) is 11.8 Å². The highest BCUT2D eigenvalue weighted by atomic mass is 32.2. The zero-order valence-electron chi connectivity index (χ0n) is 10.3. The van der Waals surface area contributed by atoms with Crippen molar-refractivity contribution in [1.29, 1.82) is 0 Å². The summed E-state index contributed by atoms with van der Waals surface area (Å²) < 4.78 is 0. The monoisotopic (exact) mass is 281 g/mol. The molecule has 7 heteroatoms.